The van der Waals surface area contributed by atoms with Gasteiger partial charge in [0.05, 0.1) is 0 Å². The molecule has 1 aliphatic rings. The molecular formula is C20H22N2O. The second kappa shape index (κ2) is 5.41. The monoisotopic (exact) mass is 306 g/mol. The number of aryl methyl sites for hydroxylation is 1. The number of benzene rings is 2. The van der Waals surface area contributed by atoms with Crippen LogP contribution in [0.25, 0.3) is 21.8 Å². The summed E-state index contributed by atoms with van der Waals surface area (Å²) in [6.07, 6.45) is 4.85. The summed E-state index contributed by atoms with van der Waals surface area (Å²) in [7, 11) is 0. The molecule has 1 amide bonds. The first-order valence-electron chi connectivity index (χ1n) is 8.52. The lowest BCUT2D eigenvalue weighted by Gasteiger charge is -2.07. The average molecular weight is 306 g/mol. The lowest BCUT2D eigenvalue weighted by atomic mass is 10.0. The fourth-order valence-electron chi connectivity index (χ4n) is 3.59. The molecule has 0 unspecified atom stereocenters. The summed E-state index contributed by atoms with van der Waals surface area (Å²) in [6, 6.07) is 12.5. The number of hydrogen-bond acceptors (Lipinski definition) is 1. The van der Waals surface area contributed by atoms with Crippen LogP contribution in [0.3, 0.4) is 0 Å². The molecule has 2 aromatic carbocycles. The standard InChI is InChI=1S/C20H22N2O/c1-2-4-13-9-10-15-18(11-13)22(12-14-7-8-14)17-6-3-5-16(19(15)17)20(21)23/h3,5-6,9-11,14H,2,4,7-8,12H2,1H3,(H2,21,23). The molecule has 1 heterocycles. The Morgan fingerprint density at radius 3 is 2.74 bits per heavy atom. The zero-order valence-electron chi connectivity index (χ0n) is 13.5. The van der Waals surface area contributed by atoms with Gasteiger partial charge in [-0.05, 0) is 48.9 Å². The number of aromatic nitrogens is 1. The highest BCUT2D eigenvalue weighted by atomic mass is 16.1. The maximum atomic E-state index is 11.9. The maximum Gasteiger partial charge on any atom is 0.249 e. The molecule has 118 valence electrons. The Morgan fingerprint density at radius 1 is 1.22 bits per heavy atom. The normalized spacial score (nSPS) is 14.7. The van der Waals surface area contributed by atoms with Crippen LogP contribution in [0.4, 0.5) is 0 Å². The van der Waals surface area contributed by atoms with E-state index in [1.54, 1.807) is 0 Å². The summed E-state index contributed by atoms with van der Waals surface area (Å²) >= 11 is 0. The maximum absolute atomic E-state index is 11.9. The van der Waals surface area contributed by atoms with E-state index in [9.17, 15) is 4.79 Å². The molecule has 0 saturated heterocycles. The molecule has 1 fully saturated rings. The lowest BCUT2D eigenvalue weighted by molar-refractivity contribution is 0.100. The van der Waals surface area contributed by atoms with Crippen LogP contribution in [0.5, 0.6) is 0 Å². The number of amides is 1. The minimum Gasteiger partial charge on any atom is -0.366 e. The Balaban J connectivity index is 2.04. The lowest BCUT2D eigenvalue weighted by Crippen LogP contribution is -2.11. The molecule has 0 aliphatic heterocycles. The van der Waals surface area contributed by atoms with Gasteiger partial charge in [-0.1, -0.05) is 31.5 Å². The molecule has 1 aromatic heterocycles. The van der Waals surface area contributed by atoms with Crippen LogP contribution in [-0.4, -0.2) is 10.5 Å². The number of rotatable bonds is 5. The number of hydrogen-bond donors (Lipinski definition) is 1. The van der Waals surface area contributed by atoms with Crippen molar-refractivity contribution in [3.63, 3.8) is 0 Å². The Hall–Kier alpha value is -2.29. The predicted octanol–water partition coefficient (Wildman–Crippen LogP) is 4.26. The van der Waals surface area contributed by atoms with E-state index in [1.807, 2.05) is 12.1 Å². The largest absolute Gasteiger partial charge is 0.366 e. The van der Waals surface area contributed by atoms with Crippen LogP contribution < -0.4 is 5.73 Å². The highest BCUT2D eigenvalue weighted by molar-refractivity contribution is 6.17. The van der Waals surface area contributed by atoms with Crippen molar-refractivity contribution < 1.29 is 4.79 Å². The fraction of sp³-hybridized carbons (Fsp3) is 0.350. The first-order chi connectivity index (χ1) is 11.2. The zero-order chi connectivity index (χ0) is 16.0. The van der Waals surface area contributed by atoms with E-state index in [2.05, 4.69) is 35.8 Å². The Kier molecular flexibility index (Phi) is 3.37. The molecular weight excluding hydrogens is 284 g/mol. The first kappa shape index (κ1) is 14.3. The second-order valence-corrected chi connectivity index (χ2v) is 6.72. The van der Waals surface area contributed by atoms with Crippen molar-refractivity contribution in [1.29, 1.82) is 0 Å². The summed E-state index contributed by atoms with van der Waals surface area (Å²) in [6.45, 7) is 3.24. The van der Waals surface area contributed by atoms with Gasteiger partial charge in [-0.15, -0.1) is 0 Å². The minimum atomic E-state index is -0.348. The van der Waals surface area contributed by atoms with Gasteiger partial charge in [0.25, 0.3) is 0 Å². The minimum absolute atomic E-state index is 0.348. The van der Waals surface area contributed by atoms with Gasteiger partial charge >= 0.3 is 0 Å². The average Bonchev–Trinajstić information content (AvgIpc) is 3.31. The molecule has 2 N–H and O–H groups in total. The number of nitrogens with zero attached hydrogens (tertiary/aromatic N) is 1. The highest BCUT2D eigenvalue weighted by Gasteiger charge is 2.24. The molecule has 0 radical (unpaired) electrons. The SMILES string of the molecule is CCCc1ccc2c3c(C(N)=O)cccc3n(CC3CC3)c2c1. The molecule has 0 atom stereocenters. The van der Waals surface area contributed by atoms with Crippen LogP contribution in [0, 0.1) is 5.92 Å². The van der Waals surface area contributed by atoms with Crippen molar-refractivity contribution in [2.75, 3.05) is 0 Å². The number of carbonyl (C=O) groups is 1. The van der Waals surface area contributed by atoms with Gasteiger partial charge in [-0.3, -0.25) is 4.79 Å². The molecule has 23 heavy (non-hydrogen) atoms. The smallest absolute Gasteiger partial charge is 0.249 e. The van der Waals surface area contributed by atoms with E-state index >= 15 is 0 Å². The fourth-order valence-corrected chi connectivity index (χ4v) is 3.59. The molecule has 1 aliphatic carbocycles. The Bertz CT molecular complexity index is 903. The van der Waals surface area contributed by atoms with Gasteiger partial charge in [0.1, 0.15) is 0 Å². The topological polar surface area (TPSA) is 48.0 Å². The number of carbonyl (C=O) groups excluding carboxylic acids is 1. The summed E-state index contributed by atoms with van der Waals surface area (Å²) < 4.78 is 2.40. The van der Waals surface area contributed by atoms with Gasteiger partial charge in [-0.25, -0.2) is 0 Å². The first-order valence-corrected chi connectivity index (χ1v) is 8.52. The quantitative estimate of drug-likeness (QED) is 0.752. The summed E-state index contributed by atoms with van der Waals surface area (Å²) in [5.41, 5.74) is 9.99. The number of fused-ring (bicyclic) bond motifs is 3. The highest BCUT2D eigenvalue weighted by Crippen LogP contribution is 2.37. The third-order valence-electron chi connectivity index (χ3n) is 4.90. The molecule has 3 nitrogen and oxygen atoms in total. The van der Waals surface area contributed by atoms with Crippen molar-refractivity contribution in [2.45, 2.75) is 39.2 Å². The van der Waals surface area contributed by atoms with Crippen LogP contribution in [0.2, 0.25) is 0 Å². The van der Waals surface area contributed by atoms with Crippen LogP contribution in [0.1, 0.15) is 42.1 Å². The Labute approximate surface area is 136 Å². The van der Waals surface area contributed by atoms with E-state index in [4.69, 9.17) is 5.73 Å². The van der Waals surface area contributed by atoms with Crippen LogP contribution in [-0.2, 0) is 13.0 Å². The molecule has 4 rings (SSSR count). The van der Waals surface area contributed by atoms with Gasteiger partial charge in [-0.2, -0.15) is 0 Å². The molecule has 0 bridgehead atoms. The summed E-state index contributed by atoms with van der Waals surface area (Å²) in [4.78, 5) is 11.9. The zero-order valence-corrected chi connectivity index (χ0v) is 13.5. The summed E-state index contributed by atoms with van der Waals surface area (Å²) in [5, 5.41) is 2.16. The predicted molar refractivity (Wildman–Crippen MR) is 94.7 cm³/mol. The molecule has 0 spiro atoms. The number of nitrogens with two attached hydrogens (primary N) is 1. The second-order valence-electron chi connectivity index (χ2n) is 6.72. The van der Waals surface area contributed by atoms with Crippen LogP contribution >= 0.6 is 0 Å². The van der Waals surface area contributed by atoms with Crippen molar-refractivity contribution in [2.24, 2.45) is 11.7 Å². The van der Waals surface area contributed by atoms with Gasteiger partial charge in [0.15, 0.2) is 0 Å². The van der Waals surface area contributed by atoms with Crippen molar-refractivity contribution in [3.05, 3.63) is 47.5 Å². The molecule has 3 aromatic rings. The van der Waals surface area contributed by atoms with E-state index in [0.717, 1.165) is 41.6 Å². The van der Waals surface area contributed by atoms with E-state index in [-0.39, 0.29) is 5.91 Å². The molecule has 1 saturated carbocycles. The third-order valence-corrected chi connectivity index (χ3v) is 4.90. The summed E-state index contributed by atoms with van der Waals surface area (Å²) in [5.74, 6) is 0.430. The van der Waals surface area contributed by atoms with E-state index < -0.39 is 0 Å². The number of primary amides is 1. The van der Waals surface area contributed by atoms with Crippen molar-refractivity contribution in [3.8, 4) is 0 Å². The third kappa shape index (κ3) is 2.40. The Morgan fingerprint density at radius 2 is 2.04 bits per heavy atom. The van der Waals surface area contributed by atoms with E-state index in [0.29, 0.717) is 5.56 Å². The van der Waals surface area contributed by atoms with Crippen molar-refractivity contribution >= 4 is 27.7 Å². The molecule has 3 heteroatoms. The van der Waals surface area contributed by atoms with Crippen molar-refractivity contribution in [1.82, 2.24) is 4.57 Å². The van der Waals surface area contributed by atoms with Gasteiger partial charge in [0, 0.05) is 33.9 Å². The van der Waals surface area contributed by atoms with Gasteiger partial charge in [0.2, 0.25) is 5.91 Å². The van der Waals surface area contributed by atoms with E-state index in [1.165, 1.54) is 23.9 Å². The van der Waals surface area contributed by atoms with Crippen LogP contribution in [0.15, 0.2) is 36.4 Å². The van der Waals surface area contributed by atoms with Gasteiger partial charge < -0.3 is 10.3 Å².